The van der Waals surface area contributed by atoms with Gasteiger partial charge in [0.2, 0.25) is 0 Å². The number of benzene rings is 1. The summed E-state index contributed by atoms with van der Waals surface area (Å²) in [4.78, 5) is 16.1. The molecule has 1 heterocycles. The highest BCUT2D eigenvalue weighted by atomic mass is 16.2. The molecule has 0 aliphatic carbocycles. The third-order valence-electron chi connectivity index (χ3n) is 2.96. The molecule has 4 heteroatoms. The number of rotatable bonds is 2. The molecule has 0 fully saturated rings. The van der Waals surface area contributed by atoms with Crippen LogP contribution in [0.15, 0.2) is 24.7 Å². The van der Waals surface area contributed by atoms with E-state index in [-0.39, 0.29) is 5.91 Å². The lowest BCUT2D eigenvalue weighted by Gasteiger charge is -2.12. The number of aryl methyl sites for hydroxylation is 4. The SMILES string of the molecule is Cc1cc(C)c(NC(=O)c2cncn2C)c(C)c1. The minimum atomic E-state index is -0.134. The Labute approximate surface area is 107 Å². The third-order valence-corrected chi connectivity index (χ3v) is 2.96. The Bertz CT molecular complexity index is 576. The Morgan fingerprint density at radius 2 is 1.83 bits per heavy atom. The number of nitrogens with one attached hydrogen (secondary N) is 1. The van der Waals surface area contributed by atoms with Crippen LogP contribution in [0.25, 0.3) is 0 Å². The van der Waals surface area contributed by atoms with Crippen molar-refractivity contribution in [2.45, 2.75) is 20.8 Å². The van der Waals surface area contributed by atoms with Gasteiger partial charge in [0.15, 0.2) is 0 Å². The number of nitrogens with zero attached hydrogens (tertiary/aromatic N) is 2. The highest BCUT2D eigenvalue weighted by Gasteiger charge is 2.12. The van der Waals surface area contributed by atoms with Gasteiger partial charge >= 0.3 is 0 Å². The maximum Gasteiger partial charge on any atom is 0.273 e. The first kappa shape index (κ1) is 12.4. The maximum absolute atomic E-state index is 12.1. The number of carbonyl (C=O) groups excluding carboxylic acids is 1. The average Bonchev–Trinajstić information content (AvgIpc) is 2.69. The third kappa shape index (κ3) is 2.27. The first-order chi connectivity index (χ1) is 8.49. The van der Waals surface area contributed by atoms with Crippen LogP contribution in [0.2, 0.25) is 0 Å². The largest absolute Gasteiger partial charge is 0.330 e. The minimum absolute atomic E-state index is 0.134. The topological polar surface area (TPSA) is 46.9 Å². The fraction of sp³-hybridized carbons (Fsp3) is 0.286. The van der Waals surface area contributed by atoms with Crippen molar-refractivity contribution in [2.24, 2.45) is 7.05 Å². The zero-order chi connectivity index (χ0) is 13.3. The first-order valence-corrected chi connectivity index (χ1v) is 5.84. The fourth-order valence-corrected chi connectivity index (χ4v) is 2.13. The van der Waals surface area contributed by atoms with Gasteiger partial charge in [-0.15, -0.1) is 0 Å². The second kappa shape index (κ2) is 4.64. The van der Waals surface area contributed by atoms with Crippen LogP contribution in [-0.2, 0) is 7.05 Å². The summed E-state index contributed by atoms with van der Waals surface area (Å²) in [6.07, 6.45) is 3.18. The second-order valence-corrected chi connectivity index (χ2v) is 4.62. The minimum Gasteiger partial charge on any atom is -0.330 e. The van der Waals surface area contributed by atoms with Crippen molar-refractivity contribution in [3.63, 3.8) is 0 Å². The molecule has 0 aliphatic heterocycles. The molecular weight excluding hydrogens is 226 g/mol. The van der Waals surface area contributed by atoms with Crippen LogP contribution in [0.1, 0.15) is 27.2 Å². The predicted molar refractivity (Wildman–Crippen MR) is 71.8 cm³/mol. The summed E-state index contributed by atoms with van der Waals surface area (Å²) in [5.74, 6) is -0.134. The molecule has 2 aromatic rings. The van der Waals surface area contributed by atoms with E-state index in [4.69, 9.17) is 0 Å². The van der Waals surface area contributed by atoms with Crippen LogP contribution in [0.5, 0.6) is 0 Å². The molecule has 1 N–H and O–H groups in total. The van der Waals surface area contributed by atoms with E-state index in [1.165, 1.54) is 5.56 Å². The van der Waals surface area contributed by atoms with Crippen molar-refractivity contribution < 1.29 is 4.79 Å². The van der Waals surface area contributed by atoms with Gasteiger partial charge in [0.1, 0.15) is 5.69 Å². The summed E-state index contributed by atoms with van der Waals surface area (Å²) in [6.45, 7) is 6.05. The Kier molecular flexibility index (Phi) is 3.19. The lowest BCUT2D eigenvalue weighted by atomic mass is 10.1. The highest BCUT2D eigenvalue weighted by molar-refractivity contribution is 6.03. The molecule has 18 heavy (non-hydrogen) atoms. The normalized spacial score (nSPS) is 10.4. The van der Waals surface area contributed by atoms with Gasteiger partial charge in [-0.05, 0) is 31.9 Å². The molecule has 1 aromatic heterocycles. The molecule has 0 saturated carbocycles. The van der Waals surface area contributed by atoms with Crippen LogP contribution in [0.3, 0.4) is 0 Å². The molecule has 0 atom stereocenters. The molecule has 0 aliphatic rings. The monoisotopic (exact) mass is 243 g/mol. The van der Waals surface area contributed by atoms with Crippen LogP contribution in [0.4, 0.5) is 5.69 Å². The van der Waals surface area contributed by atoms with Gasteiger partial charge < -0.3 is 9.88 Å². The van der Waals surface area contributed by atoms with E-state index in [1.54, 1.807) is 24.1 Å². The van der Waals surface area contributed by atoms with Crippen LogP contribution >= 0.6 is 0 Å². The zero-order valence-corrected chi connectivity index (χ0v) is 11.1. The summed E-state index contributed by atoms with van der Waals surface area (Å²) >= 11 is 0. The summed E-state index contributed by atoms with van der Waals surface area (Å²) < 4.78 is 1.70. The Balaban J connectivity index is 2.31. The number of imidazole rings is 1. The molecule has 0 saturated heterocycles. The predicted octanol–water partition coefficient (Wildman–Crippen LogP) is 2.60. The van der Waals surface area contributed by atoms with Crippen molar-refractivity contribution in [1.29, 1.82) is 0 Å². The summed E-state index contributed by atoms with van der Waals surface area (Å²) in [5, 5.41) is 2.95. The summed E-state index contributed by atoms with van der Waals surface area (Å²) in [7, 11) is 1.80. The van der Waals surface area contributed by atoms with Crippen molar-refractivity contribution in [2.75, 3.05) is 5.32 Å². The number of amides is 1. The summed E-state index contributed by atoms with van der Waals surface area (Å²) in [5.41, 5.74) is 4.77. The van der Waals surface area contributed by atoms with Gasteiger partial charge in [-0.1, -0.05) is 17.7 Å². The van der Waals surface area contributed by atoms with E-state index in [1.807, 2.05) is 20.8 Å². The number of hydrogen-bond donors (Lipinski definition) is 1. The lowest BCUT2D eigenvalue weighted by Crippen LogP contribution is -2.16. The van der Waals surface area contributed by atoms with Gasteiger partial charge in [0.05, 0.1) is 12.5 Å². The summed E-state index contributed by atoms with van der Waals surface area (Å²) in [6, 6.07) is 4.12. The standard InChI is InChI=1S/C14H17N3O/c1-9-5-10(2)13(11(3)6-9)16-14(18)12-7-15-8-17(12)4/h5-8H,1-4H3,(H,16,18). The number of anilines is 1. The molecule has 0 unspecified atom stereocenters. The molecular formula is C14H17N3O. The van der Waals surface area contributed by atoms with Gasteiger partial charge in [0.25, 0.3) is 5.91 Å². The second-order valence-electron chi connectivity index (χ2n) is 4.62. The van der Waals surface area contributed by atoms with Gasteiger partial charge in [-0.2, -0.15) is 0 Å². The molecule has 1 aromatic carbocycles. The van der Waals surface area contributed by atoms with Crippen molar-refractivity contribution >= 4 is 11.6 Å². The van der Waals surface area contributed by atoms with Crippen LogP contribution < -0.4 is 5.32 Å². The Morgan fingerprint density at radius 3 is 2.33 bits per heavy atom. The molecule has 94 valence electrons. The van der Waals surface area contributed by atoms with E-state index >= 15 is 0 Å². The smallest absolute Gasteiger partial charge is 0.273 e. The van der Waals surface area contributed by atoms with E-state index in [2.05, 4.69) is 22.4 Å². The molecule has 0 radical (unpaired) electrons. The van der Waals surface area contributed by atoms with E-state index in [0.29, 0.717) is 5.69 Å². The molecule has 0 bridgehead atoms. The van der Waals surface area contributed by atoms with Gasteiger partial charge in [-0.25, -0.2) is 4.98 Å². The Hall–Kier alpha value is -2.10. The van der Waals surface area contributed by atoms with Gasteiger partial charge in [0, 0.05) is 12.7 Å². The van der Waals surface area contributed by atoms with E-state index < -0.39 is 0 Å². The lowest BCUT2D eigenvalue weighted by molar-refractivity contribution is 0.101. The zero-order valence-electron chi connectivity index (χ0n) is 11.1. The first-order valence-electron chi connectivity index (χ1n) is 5.84. The quantitative estimate of drug-likeness (QED) is 0.881. The van der Waals surface area contributed by atoms with Gasteiger partial charge in [-0.3, -0.25) is 4.79 Å². The maximum atomic E-state index is 12.1. The Morgan fingerprint density at radius 1 is 1.22 bits per heavy atom. The van der Waals surface area contributed by atoms with Crippen LogP contribution in [0, 0.1) is 20.8 Å². The fourth-order valence-electron chi connectivity index (χ4n) is 2.13. The number of hydrogen-bond acceptors (Lipinski definition) is 2. The molecule has 1 amide bonds. The van der Waals surface area contributed by atoms with Crippen molar-refractivity contribution in [3.8, 4) is 0 Å². The molecule has 4 nitrogen and oxygen atoms in total. The van der Waals surface area contributed by atoms with E-state index in [9.17, 15) is 4.79 Å². The molecule has 0 spiro atoms. The average molecular weight is 243 g/mol. The molecule has 2 rings (SSSR count). The van der Waals surface area contributed by atoms with E-state index in [0.717, 1.165) is 16.8 Å². The van der Waals surface area contributed by atoms with Crippen LogP contribution in [-0.4, -0.2) is 15.5 Å². The highest BCUT2D eigenvalue weighted by Crippen LogP contribution is 2.22. The van der Waals surface area contributed by atoms with Crippen molar-refractivity contribution in [3.05, 3.63) is 47.0 Å². The number of aromatic nitrogens is 2. The number of carbonyl (C=O) groups is 1. The van der Waals surface area contributed by atoms with Crippen molar-refractivity contribution in [1.82, 2.24) is 9.55 Å².